The van der Waals surface area contributed by atoms with E-state index in [0.717, 1.165) is 37.3 Å². The second-order valence-electron chi connectivity index (χ2n) is 8.12. The van der Waals surface area contributed by atoms with Gasteiger partial charge in [0.25, 0.3) is 0 Å². The van der Waals surface area contributed by atoms with Crippen molar-refractivity contribution in [2.45, 2.75) is 36.6 Å². The van der Waals surface area contributed by atoms with Crippen molar-refractivity contribution < 1.29 is 13.2 Å². The Kier molecular flexibility index (Phi) is 6.30. The minimum absolute atomic E-state index is 0.152. The first-order valence-electron chi connectivity index (χ1n) is 9.93. The van der Waals surface area contributed by atoms with Gasteiger partial charge in [-0.3, -0.25) is 4.79 Å². The highest BCUT2D eigenvalue weighted by Gasteiger charge is 2.25. The molecule has 1 saturated heterocycles. The Morgan fingerprint density at radius 3 is 2.62 bits per heavy atom. The number of hydrogen-bond donors (Lipinski definition) is 0. The Labute approximate surface area is 173 Å². The first kappa shape index (κ1) is 21.7. The molecule has 3 rings (SSSR count). The van der Waals surface area contributed by atoms with Gasteiger partial charge in [0.2, 0.25) is 15.9 Å². The van der Waals surface area contributed by atoms with Gasteiger partial charge < -0.3 is 14.4 Å². The number of piperidine rings is 1. The highest BCUT2D eigenvalue weighted by Crippen LogP contribution is 2.22. The number of aryl methyl sites for hydroxylation is 2. The smallest absolute Gasteiger partial charge is 0.242 e. The monoisotopic (exact) mass is 421 g/mol. The molecular formula is C20H31N5O3S. The first-order valence-corrected chi connectivity index (χ1v) is 11.4. The van der Waals surface area contributed by atoms with E-state index in [-0.39, 0.29) is 10.8 Å². The molecule has 1 aliphatic rings. The summed E-state index contributed by atoms with van der Waals surface area (Å²) in [4.78, 5) is 21.7. The standard InChI is InChI=1S/C20H31N5O3S/c1-22(2)15-7-6-12-25(14-15)20(26)11-10-19-21-17-13-16(29(27,28)23(3)4)8-9-18(17)24(19)5/h8-9,13,15H,6-7,10-12,14H2,1-5H3. The Morgan fingerprint density at radius 1 is 1.24 bits per heavy atom. The zero-order valence-corrected chi connectivity index (χ0v) is 18.7. The molecule has 1 aliphatic heterocycles. The number of carbonyl (C=O) groups is 1. The number of hydrogen-bond acceptors (Lipinski definition) is 5. The van der Waals surface area contributed by atoms with Crippen molar-refractivity contribution >= 4 is 27.0 Å². The average molecular weight is 422 g/mol. The van der Waals surface area contributed by atoms with Crippen LogP contribution in [0.15, 0.2) is 23.1 Å². The van der Waals surface area contributed by atoms with E-state index in [1.54, 1.807) is 18.2 Å². The number of sulfonamides is 1. The fourth-order valence-corrected chi connectivity index (χ4v) is 4.73. The summed E-state index contributed by atoms with van der Waals surface area (Å²) in [6, 6.07) is 5.39. The van der Waals surface area contributed by atoms with Gasteiger partial charge in [-0.15, -0.1) is 0 Å². The van der Waals surface area contributed by atoms with E-state index in [1.807, 2.05) is 16.5 Å². The molecule has 9 heteroatoms. The topological polar surface area (TPSA) is 78.8 Å². The van der Waals surface area contributed by atoms with Gasteiger partial charge in [-0.2, -0.15) is 0 Å². The van der Waals surface area contributed by atoms with E-state index in [0.29, 0.717) is 24.4 Å². The first-order chi connectivity index (χ1) is 13.6. The van der Waals surface area contributed by atoms with Crippen molar-refractivity contribution in [3.05, 3.63) is 24.0 Å². The van der Waals surface area contributed by atoms with Gasteiger partial charge in [0.1, 0.15) is 5.82 Å². The number of carbonyl (C=O) groups excluding carboxylic acids is 1. The lowest BCUT2D eigenvalue weighted by Gasteiger charge is -2.36. The molecule has 2 aromatic rings. The van der Waals surface area contributed by atoms with Gasteiger partial charge in [-0.1, -0.05) is 0 Å². The molecule has 1 atom stereocenters. The number of amides is 1. The summed E-state index contributed by atoms with van der Waals surface area (Å²) in [5, 5.41) is 0. The lowest BCUT2D eigenvalue weighted by atomic mass is 10.0. The Balaban J connectivity index is 1.73. The second-order valence-corrected chi connectivity index (χ2v) is 10.3. The van der Waals surface area contributed by atoms with Crippen molar-refractivity contribution in [3.63, 3.8) is 0 Å². The summed E-state index contributed by atoms with van der Waals surface area (Å²) >= 11 is 0. The highest BCUT2D eigenvalue weighted by atomic mass is 32.2. The van der Waals surface area contributed by atoms with Crippen LogP contribution in [0, 0.1) is 0 Å². The molecule has 2 heterocycles. The van der Waals surface area contributed by atoms with Crippen molar-refractivity contribution in [2.75, 3.05) is 41.3 Å². The largest absolute Gasteiger partial charge is 0.341 e. The number of benzene rings is 1. The third-order valence-corrected chi connectivity index (χ3v) is 7.58. The van der Waals surface area contributed by atoms with E-state index in [9.17, 15) is 13.2 Å². The minimum Gasteiger partial charge on any atom is -0.341 e. The molecular weight excluding hydrogens is 390 g/mol. The number of aromatic nitrogens is 2. The number of imidazole rings is 1. The Bertz CT molecular complexity index is 997. The van der Waals surface area contributed by atoms with Gasteiger partial charge in [0.05, 0.1) is 15.9 Å². The van der Waals surface area contributed by atoms with Crippen LogP contribution in [0.2, 0.25) is 0 Å². The van der Waals surface area contributed by atoms with Gasteiger partial charge in [-0.05, 0) is 45.1 Å². The van der Waals surface area contributed by atoms with Gasteiger partial charge in [0.15, 0.2) is 0 Å². The van der Waals surface area contributed by atoms with Crippen LogP contribution in [-0.4, -0.2) is 85.3 Å². The number of likely N-dealkylation sites (N-methyl/N-ethyl adjacent to an activating group) is 1. The van der Waals surface area contributed by atoms with Gasteiger partial charge >= 0.3 is 0 Å². The molecule has 1 aromatic carbocycles. The predicted octanol–water partition coefficient (Wildman–Crippen LogP) is 1.31. The Hall–Kier alpha value is -1.97. The van der Waals surface area contributed by atoms with E-state index in [2.05, 4.69) is 24.0 Å². The van der Waals surface area contributed by atoms with Crippen LogP contribution in [0.3, 0.4) is 0 Å². The number of fused-ring (bicyclic) bond motifs is 1. The summed E-state index contributed by atoms with van der Waals surface area (Å²) in [5.74, 6) is 0.938. The van der Waals surface area contributed by atoms with Crippen LogP contribution >= 0.6 is 0 Å². The highest BCUT2D eigenvalue weighted by molar-refractivity contribution is 7.89. The summed E-state index contributed by atoms with van der Waals surface area (Å²) in [5.41, 5.74) is 1.49. The van der Waals surface area contributed by atoms with Crippen LogP contribution in [0.4, 0.5) is 0 Å². The maximum atomic E-state index is 12.7. The van der Waals surface area contributed by atoms with Crippen molar-refractivity contribution in [1.82, 2.24) is 23.7 Å². The fourth-order valence-electron chi connectivity index (χ4n) is 3.80. The van der Waals surface area contributed by atoms with Crippen molar-refractivity contribution in [2.24, 2.45) is 7.05 Å². The van der Waals surface area contributed by atoms with Gasteiger partial charge in [0, 0.05) is 53.1 Å². The number of likely N-dealkylation sites (tertiary alicyclic amines) is 1. The molecule has 0 aliphatic carbocycles. The van der Waals surface area contributed by atoms with Gasteiger partial charge in [-0.25, -0.2) is 17.7 Å². The zero-order valence-electron chi connectivity index (χ0n) is 17.9. The van der Waals surface area contributed by atoms with Crippen molar-refractivity contribution in [1.29, 1.82) is 0 Å². The maximum Gasteiger partial charge on any atom is 0.242 e. The van der Waals surface area contributed by atoms with Crippen LogP contribution in [0.5, 0.6) is 0 Å². The van der Waals surface area contributed by atoms with Crippen molar-refractivity contribution in [3.8, 4) is 0 Å². The average Bonchev–Trinajstić information content (AvgIpc) is 3.01. The third-order valence-electron chi connectivity index (χ3n) is 5.77. The lowest BCUT2D eigenvalue weighted by Crippen LogP contribution is -2.47. The van der Waals surface area contributed by atoms with Crippen LogP contribution in [0.1, 0.15) is 25.1 Å². The summed E-state index contributed by atoms with van der Waals surface area (Å²) in [7, 11) is 5.53. The normalized spacial score (nSPS) is 18.2. The fraction of sp³-hybridized carbons (Fsp3) is 0.600. The minimum atomic E-state index is -3.51. The molecule has 8 nitrogen and oxygen atoms in total. The third kappa shape index (κ3) is 4.46. The van der Waals surface area contributed by atoms with Crippen LogP contribution < -0.4 is 0 Å². The maximum absolute atomic E-state index is 12.7. The molecule has 0 spiro atoms. The van der Waals surface area contributed by atoms with E-state index < -0.39 is 10.0 Å². The molecule has 0 N–H and O–H groups in total. The number of rotatable bonds is 6. The van der Waals surface area contributed by atoms with Crippen LogP contribution in [0.25, 0.3) is 11.0 Å². The second kappa shape index (κ2) is 8.41. The summed E-state index contributed by atoms with van der Waals surface area (Å²) < 4.78 is 27.9. The predicted molar refractivity (Wildman–Crippen MR) is 113 cm³/mol. The van der Waals surface area contributed by atoms with Crippen LogP contribution in [-0.2, 0) is 28.3 Å². The van der Waals surface area contributed by atoms with E-state index in [4.69, 9.17) is 0 Å². The van der Waals surface area contributed by atoms with E-state index >= 15 is 0 Å². The van der Waals surface area contributed by atoms with E-state index in [1.165, 1.54) is 18.4 Å². The zero-order chi connectivity index (χ0) is 21.3. The molecule has 0 saturated carbocycles. The SMILES string of the molecule is CN(C)C1CCCN(C(=O)CCc2nc3cc(S(=O)(=O)N(C)C)ccc3n2C)C1. The Morgan fingerprint density at radius 2 is 1.97 bits per heavy atom. The summed E-state index contributed by atoms with van der Waals surface area (Å²) in [6.07, 6.45) is 3.09. The molecule has 0 bridgehead atoms. The quantitative estimate of drug-likeness (QED) is 0.703. The molecule has 1 fully saturated rings. The molecule has 29 heavy (non-hydrogen) atoms. The lowest BCUT2D eigenvalue weighted by molar-refractivity contribution is -0.133. The molecule has 160 valence electrons. The molecule has 0 radical (unpaired) electrons. The molecule has 1 aromatic heterocycles. The summed E-state index contributed by atoms with van der Waals surface area (Å²) in [6.45, 7) is 1.59. The number of nitrogens with zero attached hydrogens (tertiary/aromatic N) is 5. The molecule has 1 amide bonds. The molecule has 1 unspecified atom stereocenters.